The normalized spacial score (nSPS) is 28.7. The fraction of sp³-hybridized carbons (Fsp3) is 0.425. The number of carbonyl (C=O) groups excluding carboxylic acids is 2. The molecule has 14 nitrogen and oxygen atoms in total. The average molecular weight is 766 g/mol. The van der Waals surface area contributed by atoms with E-state index >= 15 is 0 Å². The second-order valence-electron chi connectivity index (χ2n) is 15.2. The first kappa shape index (κ1) is 34.4. The summed E-state index contributed by atoms with van der Waals surface area (Å²) in [4.78, 5) is 33.3. The number of ether oxygens (including phenoxy) is 5. The number of hydrogen-bond donors (Lipinski definition) is 5. The lowest BCUT2D eigenvalue weighted by Gasteiger charge is -2.59. The molecule has 3 aromatic carbocycles. The van der Waals surface area contributed by atoms with Gasteiger partial charge in [0.25, 0.3) is 0 Å². The second-order valence-corrected chi connectivity index (χ2v) is 16.3. The smallest absolute Gasteiger partial charge is 0.333 e. The standard InChI is InChI=1S/C40H39N5O9S/c1-16-9-19-10-24-25(12-41)45-26-13-51-39(49)40(38-21(7-8-42-40)22-11-20(47)5-6-23(22)44-38)14-55-37(31(45)30(43-24)27(19)32(48)33(16)50-4)29-28(26)36-35(52-15-53-36)17(2)34(29)54-18(3)46/h5-6,9,11,24-26,30-31,37,42-44,47-48H,7-8,10,13-15H2,1-4H3/t24-,25-,26-,30+,31?,37+,40+/m0/s1. The van der Waals surface area contributed by atoms with E-state index in [1.807, 2.05) is 19.9 Å². The molecule has 284 valence electrons. The molecule has 1 unspecified atom stereocenters. The van der Waals surface area contributed by atoms with Gasteiger partial charge in [0.2, 0.25) is 6.79 Å². The molecule has 1 spiro atoms. The van der Waals surface area contributed by atoms with Crippen LogP contribution in [0.2, 0.25) is 0 Å². The molecule has 0 radical (unpaired) electrons. The number of fused-ring (bicyclic) bond motifs is 11. The number of carbonyl (C=O) groups is 2. The molecular formula is C40H39N5O9S. The number of phenolic OH excluding ortho intramolecular Hbond substituents is 2. The van der Waals surface area contributed by atoms with Crippen molar-refractivity contribution in [3.63, 3.8) is 0 Å². The number of phenols is 2. The highest BCUT2D eigenvalue weighted by atomic mass is 32.2. The molecule has 0 aliphatic carbocycles. The fourth-order valence-corrected chi connectivity index (χ4v) is 11.9. The van der Waals surface area contributed by atoms with Crippen LogP contribution in [0.1, 0.15) is 68.9 Å². The summed E-state index contributed by atoms with van der Waals surface area (Å²) >= 11 is 1.49. The van der Waals surface area contributed by atoms with Crippen LogP contribution in [-0.4, -0.2) is 83.0 Å². The minimum atomic E-state index is -1.32. The summed E-state index contributed by atoms with van der Waals surface area (Å²) in [6, 6.07) is 6.94. The zero-order chi connectivity index (χ0) is 38.1. The van der Waals surface area contributed by atoms with Gasteiger partial charge in [-0.15, -0.1) is 11.8 Å². The lowest BCUT2D eigenvalue weighted by molar-refractivity contribution is -0.155. The number of H-pyrrole nitrogens is 1. The van der Waals surface area contributed by atoms with Crippen LogP contribution in [0, 0.1) is 25.2 Å². The Labute approximate surface area is 320 Å². The number of nitrogens with zero attached hydrogens (tertiary/aromatic N) is 2. The number of methoxy groups -OCH3 is 1. The molecule has 1 aromatic heterocycles. The van der Waals surface area contributed by atoms with Gasteiger partial charge < -0.3 is 44.2 Å². The van der Waals surface area contributed by atoms with Crippen molar-refractivity contribution in [3.05, 3.63) is 68.9 Å². The van der Waals surface area contributed by atoms with Crippen LogP contribution in [0.4, 0.5) is 0 Å². The van der Waals surface area contributed by atoms with Crippen LogP contribution in [0.25, 0.3) is 10.9 Å². The van der Waals surface area contributed by atoms with Gasteiger partial charge in [-0.1, -0.05) is 6.07 Å². The number of nitrogens with one attached hydrogen (secondary N) is 3. The number of aromatic nitrogens is 1. The number of nitriles is 1. The van der Waals surface area contributed by atoms with Gasteiger partial charge >= 0.3 is 11.9 Å². The fourth-order valence-electron chi connectivity index (χ4n) is 10.2. The number of aromatic hydroxyl groups is 2. The van der Waals surface area contributed by atoms with E-state index in [0.717, 1.165) is 27.6 Å². The molecule has 7 aliphatic heterocycles. The molecule has 4 aromatic rings. The zero-order valence-electron chi connectivity index (χ0n) is 30.6. The summed E-state index contributed by atoms with van der Waals surface area (Å²) in [6.45, 7) is 5.34. The van der Waals surface area contributed by atoms with Crippen molar-refractivity contribution in [3.8, 4) is 40.6 Å². The molecule has 0 saturated carbocycles. The molecular weight excluding hydrogens is 727 g/mol. The number of esters is 2. The van der Waals surface area contributed by atoms with E-state index in [1.165, 1.54) is 25.8 Å². The zero-order valence-corrected chi connectivity index (χ0v) is 31.4. The second kappa shape index (κ2) is 12.2. The summed E-state index contributed by atoms with van der Waals surface area (Å²) in [7, 11) is 1.53. The number of thioether (sulfide) groups is 1. The molecule has 15 heteroatoms. The Hall–Kier alpha value is -5.14. The molecule has 0 amide bonds. The lowest BCUT2D eigenvalue weighted by Crippen LogP contribution is -2.69. The first-order valence-corrected chi connectivity index (χ1v) is 19.5. The first-order valence-electron chi connectivity index (χ1n) is 18.4. The average Bonchev–Trinajstić information content (AvgIpc) is 3.80. The maximum Gasteiger partial charge on any atom is 0.333 e. The van der Waals surface area contributed by atoms with Crippen LogP contribution in [0.5, 0.6) is 34.5 Å². The minimum absolute atomic E-state index is 0.0342. The topological polar surface area (TPSA) is 188 Å². The molecule has 4 bridgehead atoms. The number of aryl methyl sites for hydroxylation is 1. The number of hydrogen-bond acceptors (Lipinski definition) is 14. The molecule has 2 saturated heterocycles. The Kier molecular flexibility index (Phi) is 7.61. The van der Waals surface area contributed by atoms with E-state index in [9.17, 15) is 25.1 Å². The Morgan fingerprint density at radius 2 is 1.93 bits per heavy atom. The van der Waals surface area contributed by atoms with E-state index in [2.05, 4.69) is 26.6 Å². The van der Waals surface area contributed by atoms with E-state index in [4.69, 9.17) is 23.7 Å². The summed E-state index contributed by atoms with van der Waals surface area (Å²) in [5.74, 6) is 0.971. The Morgan fingerprint density at radius 3 is 2.71 bits per heavy atom. The highest BCUT2D eigenvalue weighted by molar-refractivity contribution is 7.99. The maximum absolute atomic E-state index is 14.8. The van der Waals surface area contributed by atoms with Crippen molar-refractivity contribution >= 4 is 34.6 Å². The Balaban J connectivity index is 1.24. The van der Waals surface area contributed by atoms with Crippen LogP contribution >= 0.6 is 11.8 Å². The third kappa shape index (κ3) is 4.65. The molecule has 5 N–H and O–H groups in total. The van der Waals surface area contributed by atoms with Crippen molar-refractivity contribution in [1.82, 2.24) is 20.5 Å². The van der Waals surface area contributed by atoms with Crippen molar-refractivity contribution in [2.75, 3.05) is 32.8 Å². The van der Waals surface area contributed by atoms with Gasteiger partial charge in [-0.05, 0) is 61.6 Å². The Morgan fingerprint density at radius 1 is 1.11 bits per heavy atom. The molecule has 2 fully saturated rings. The molecule has 55 heavy (non-hydrogen) atoms. The third-order valence-electron chi connectivity index (χ3n) is 12.4. The summed E-state index contributed by atoms with van der Waals surface area (Å²) in [5, 5.41) is 41.0. The van der Waals surface area contributed by atoms with Crippen molar-refractivity contribution < 1.29 is 43.5 Å². The Bertz CT molecular complexity index is 2410. The van der Waals surface area contributed by atoms with E-state index < -0.39 is 46.9 Å². The van der Waals surface area contributed by atoms with Gasteiger partial charge in [0.15, 0.2) is 28.5 Å². The van der Waals surface area contributed by atoms with Gasteiger partial charge in [-0.3, -0.25) is 15.0 Å². The van der Waals surface area contributed by atoms with Gasteiger partial charge in [0.05, 0.1) is 36.2 Å². The van der Waals surface area contributed by atoms with Crippen molar-refractivity contribution in [1.29, 1.82) is 5.26 Å². The van der Waals surface area contributed by atoms with E-state index in [-0.39, 0.29) is 36.7 Å². The SMILES string of the molecule is COc1c(C)cc2c(c1O)[C@H]1N[C@@H](C2)[C@H](C#N)N2C1[C@@H]1SC[C@]3(NCCc4c3[nH]c3ccc(O)cc43)C(=O)OC[C@H]2c2c3c(c(C)c(OC(C)=O)c21)OCO3. The number of piperazine rings is 1. The number of rotatable bonds is 2. The first-order chi connectivity index (χ1) is 26.6. The highest BCUT2D eigenvalue weighted by Crippen LogP contribution is 2.63. The summed E-state index contributed by atoms with van der Waals surface area (Å²) in [6.07, 6.45) is 1.09. The monoisotopic (exact) mass is 765 g/mol. The van der Waals surface area contributed by atoms with Crippen LogP contribution < -0.4 is 29.6 Å². The molecule has 7 atom stereocenters. The number of benzene rings is 3. The highest BCUT2D eigenvalue weighted by Gasteiger charge is 2.60. The van der Waals surface area contributed by atoms with Crippen molar-refractivity contribution in [2.24, 2.45) is 0 Å². The lowest BCUT2D eigenvalue weighted by atomic mass is 9.72. The summed E-state index contributed by atoms with van der Waals surface area (Å²) < 4.78 is 30.5. The third-order valence-corrected chi connectivity index (χ3v) is 13.8. The van der Waals surface area contributed by atoms with Crippen LogP contribution in [-0.2, 0) is 32.7 Å². The molecule has 7 aliphatic rings. The van der Waals surface area contributed by atoms with Crippen molar-refractivity contribution in [2.45, 2.75) is 74.6 Å². The van der Waals surface area contributed by atoms with Crippen LogP contribution in [0.3, 0.4) is 0 Å². The quantitative estimate of drug-likeness (QED) is 0.145. The van der Waals surface area contributed by atoms with Gasteiger partial charge in [0, 0.05) is 64.5 Å². The van der Waals surface area contributed by atoms with Gasteiger partial charge in [-0.2, -0.15) is 5.26 Å². The van der Waals surface area contributed by atoms with Gasteiger partial charge in [0.1, 0.15) is 24.1 Å². The van der Waals surface area contributed by atoms with Crippen LogP contribution in [0.15, 0.2) is 24.3 Å². The largest absolute Gasteiger partial charge is 0.508 e. The van der Waals surface area contributed by atoms with E-state index in [1.54, 1.807) is 18.2 Å². The minimum Gasteiger partial charge on any atom is -0.508 e. The number of aromatic amines is 1. The molecule has 11 rings (SSSR count). The maximum atomic E-state index is 14.8. The predicted octanol–water partition coefficient (Wildman–Crippen LogP) is 4.12. The van der Waals surface area contributed by atoms with Gasteiger partial charge in [-0.25, -0.2) is 4.79 Å². The summed E-state index contributed by atoms with van der Waals surface area (Å²) in [5.41, 5.74) is 5.39. The molecule has 8 heterocycles. The predicted molar refractivity (Wildman–Crippen MR) is 199 cm³/mol. The van der Waals surface area contributed by atoms with E-state index in [0.29, 0.717) is 70.3 Å².